The van der Waals surface area contributed by atoms with E-state index < -0.39 is 0 Å². The third-order valence-electron chi connectivity index (χ3n) is 3.71. The fourth-order valence-corrected chi connectivity index (χ4v) is 3.21. The van der Waals surface area contributed by atoms with E-state index in [1.807, 2.05) is 25.1 Å². The number of benzene rings is 2. The van der Waals surface area contributed by atoms with Gasteiger partial charge in [-0.1, -0.05) is 35.6 Å². The lowest BCUT2D eigenvalue weighted by Gasteiger charge is -2.06. The standard InChI is InChI=1S/C19H19FN4OS/c1-2-21-18(25)15-5-3-4-14(10-15)12-22-19-24-23-17(26-19)11-13-6-8-16(20)9-7-13/h3-10H,2,11-12H2,1H3,(H,21,25)(H,22,24). The molecule has 1 amide bonds. The van der Waals surface area contributed by atoms with Crippen LogP contribution in [0.2, 0.25) is 0 Å². The van der Waals surface area contributed by atoms with Gasteiger partial charge >= 0.3 is 0 Å². The minimum Gasteiger partial charge on any atom is -0.356 e. The highest BCUT2D eigenvalue weighted by atomic mass is 32.1. The van der Waals surface area contributed by atoms with E-state index in [9.17, 15) is 9.18 Å². The number of anilines is 1. The molecule has 7 heteroatoms. The number of hydrogen-bond donors (Lipinski definition) is 2. The number of nitrogens with zero attached hydrogens (tertiary/aromatic N) is 2. The highest BCUT2D eigenvalue weighted by molar-refractivity contribution is 7.15. The minimum absolute atomic E-state index is 0.0770. The first-order chi connectivity index (χ1) is 12.6. The first-order valence-corrected chi connectivity index (χ1v) is 9.13. The Morgan fingerprint density at radius 3 is 2.69 bits per heavy atom. The van der Waals surface area contributed by atoms with Crippen molar-refractivity contribution in [3.05, 3.63) is 76.0 Å². The Balaban J connectivity index is 1.59. The summed E-state index contributed by atoms with van der Waals surface area (Å²) in [7, 11) is 0. The zero-order chi connectivity index (χ0) is 18.4. The topological polar surface area (TPSA) is 66.9 Å². The van der Waals surface area contributed by atoms with Crippen molar-refractivity contribution >= 4 is 22.4 Å². The van der Waals surface area contributed by atoms with Gasteiger partial charge in [-0.15, -0.1) is 10.2 Å². The van der Waals surface area contributed by atoms with E-state index >= 15 is 0 Å². The minimum atomic E-state index is -0.247. The van der Waals surface area contributed by atoms with Gasteiger partial charge in [0.05, 0.1) is 0 Å². The second kappa shape index (κ2) is 8.53. The number of aromatic nitrogens is 2. The summed E-state index contributed by atoms with van der Waals surface area (Å²) in [5.74, 6) is -0.324. The molecule has 0 fully saturated rings. The maximum Gasteiger partial charge on any atom is 0.251 e. The van der Waals surface area contributed by atoms with Crippen LogP contribution < -0.4 is 10.6 Å². The van der Waals surface area contributed by atoms with Crippen LogP contribution in [-0.2, 0) is 13.0 Å². The van der Waals surface area contributed by atoms with Gasteiger partial charge in [-0.25, -0.2) is 4.39 Å². The highest BCUT2D eigenvalue weighted by Crippen LogP contribution is 2.19. The number of carbonyl (C=O) groups is 1. The average Bonchev–Trinajstić information content (AvgIpc) is 3.10. The number of rotatable bonds is 7. The fraction of sp³-hybridized carbons (Fsp3) is 0.211. The molecule has 0 saturated carbocycles. The predicted molar refractivity (Wildman–Crippen MR) is 101 cm³/mol. The van der Waals surface area contributed by atoms with E-state index in [4.69, 9.17) is 0 Å². The lowest BCUT2D eigenvalue weighted by atomic mass is 10.1. The van der Waals surface area contributed by atoms with E-state index in [1.54, 1.807) is 18.2 Å². The maximum absolute atomic E-state index is 13.0. The summed E-state index contributed by atoms with van der Waals surface area (Å²) in [5, 5.41) is 15.9. The second-order valence-corrected chi connectivity index (χ2v) is 6.78. The molecule has 0 aliphatic carbocycles. The van der Waals surface area contributed by atoms with Crippen LogP contribution in [0.5, 0.6) is 0 Å². The lowest BCUT2D eigenvalue weighted by Crippen LogP contribution is -2.22. The Kier molecular flexibility index (Phi) is 5.91. The van der Waals surface area contributed by atoms with E-state index in [0.29, 0.717) is 30.2 Å². The number of halogens is 1. The normalized spacial score (nSPS) is 10.5. The fourth-order valence-electron chi connectivity index (χ4n) is 2.44. The van der Waals surface area contributed by atoms with Crippen molar-refractivity contribution in [2.24, 2.45) is 0 Å². The first kappa shape index (κ1) is 18.0. The summed E-state index contributed by atoms with van der Waals surface area (Å²) in [4.78, 5) is 11.9. The van der Waals surface area contributed by atoms with E-state index in [1.165, 1.54) is 23.5 Å². The van der Waals surface area contributed by atoms with Crippen molar-refractivity contribution < 1.29 is 9.18 Å². The first-order valence-electron chi connectivity index (χ1n) is 8.32. The molecule has 3 rings (SSSR count). The Hall–Kier alpha value is -2.80. The molecule has 26 heavy (non-hydrogen) atoms. The molecule has 0 aliphatic rings. The maximum atomic E-state index is 13.0. The zero-order valence-electron chi connectivity index (χ0n) is 14.3. The van der Waals surface area contributed by atoms with Crippen molar-refractivity contribution in [1.29, 1.82) is 0 Å². The van der Waals surface area contributed by atoms with Crippen molar-refractivity contribution in [3.8, 4) is 0 Å². The van der Waals surface area contributed by atoms with E-state index in [-0.39, 0.29) is 11.7 Å². The molecule has 0 spiro atoms. The molecule has 1 heterocycles. The molecule has 1 aromatic heterocycles. The van der Waals surface area contributed by atoms with Crippen LogP contribution in [0.3, 0.4) is 0 Å². The molecule has 3 aromatic rings. The van der Waals surface area contributed by atoms with Gasteiger partial charge in [0.1, 0.15) is 10.8 Å². The Labute approximate surface area is 155 Å². The van der Waals surface area contributed by atoms with Crippen LogP contribution in [0.25, 0.3) is 0 Å². The van der Waals surface area contributed by atoms with Crippen molar-refractivity contribution in [2.75, 3.05) is 11.9 Å². The summed E-state index contributed by atoms with van der Waals surface area (Å²) in [6.07, 6.45) is 0.617. The largest absolute Gasteiger partial charge is 0.356 e. The van der Waals surface area contributed by atoms with Crippen LogP contribution in [0.15, 0.2) is 48.5 Å². The van der Waals surface area contributed by atoms with Gasteiger partial charge in [-0.05, 0) is 42.3 Å². The SMILES string of the molecule is CCNC(=O)c1cccc(CNc2nnc(Cc3ccc(F)cc3)s2)c1. The summed E-state index contributed by atoms with van der Waals surface area (Å²) in [6.45, 7) is 3.05. The zero-order valence-corrected chi connectivity index (χ0v) is 15.1. The van der Waals surface area contributed by atoms with Gasteiger partial charge in [0.15, 0.2) is 0 Å². The molecule has 0 saturated heterocycles. The van der Waals surface area contributed by atoms with Gasteiger partial charge in [0.25, 0.3) is 5.91 Å². The molecule has 134 valence electrons. The van der Waals surface area contributed by atoms with Gasteiger partial charge in [-0.2, -0.15) is 0 Å². The smallest absolute Gasteiger partial charge is 0.251 e. The van der Waals surface area contributed by atoms with Crippen molar-refractivity contribution in [2.45, 2.75) is 19.9 Å². The van der Waals surface area contributed by atoms with Crippen LogP contribution in [-0.4, -0.2) is 22.6 Å². The van der Waals surface area contributed by atoms with Gasteiger partial charge in [0.2, 0.25) is 5.13 Å². The third-order valence-corrected chi connectivity index (χ3v) is 4.59. The Morgan fingerprint density at radius 2 is 1.92 bits per heavy atom. The van der Waals surface area contributed by atoms with E-state index in [2.05, 4.69) is 20.8 Å². The molecule has 0 bridgehead atoms. The molecule has 5 nitrogen and oxygen atoms in total. The highest BCUT2D eigenvalue weighted by Gasteiger charge is 2.07. The number of amides is 1. The monoisotopic (exact) mass is 370 g/mol. The van der Waals surface area contributed by atoms with Crippen LogP contribution in [0, 0.1) is 5.82 Å². The lowest BCUT2D eigenvalue weighted by molar-refractivity contribution is 0.0955. The molecule has 2 N–H and O–H groups in total. The third kappa shape index (κ3) is 4.86. The quantitative estimate of drug-likeness (QED) is 0.666. The summed E-state index contributed by atoms with van der Waals surface area (Å²) >= 11 is 1.46. The van der Waals surface area contributed by atoms with Crippen LogP contribution >= 0.6 is 11.3 Å². The average molecular weight is 370 g/mol. The van der Waals surface area contributed by atoms with E-state index in [0.717, 1.165) is 16.1 Å². The molecule has 0 unspecified atom stereocenters. The number of nitrogens with one attached hydrogen (secondary N) is 2. The molecular formula is C19H19FN4OS. The number of carbonyl (C=O) groups excluding carboxylic acids is 1. The van der Waals surface area contributed by atoms with Crippen LogP contribution in [0.4, 0.5) is 9.52 Å². The number of hydrogen-bond acceptors (Lipinski definition) is 5. The van der Waals surface area contributed by atoms with Crippen LogP contribution in [0.1, 0.15) is 33.4 Å². The molecule has 0 atom stereocenters. The van der Waals surface area contributed by atoms with Gasteiger partial charge in [0, 0.05) is 25.1 Å². The molecule has 0 aliphatic heterocycles. The summed E-state index contributed by atoms with van der Waals surface area (Å²) in [5.41, 5.74) is 2.62. The van der Waals surface area contributed by atoms with Crippen molar-refractivity contribution in [1.82, 2.24) is 15.5 Å². The van der Waals surface area contributed by atoms with Gasteiger partial charge < -0.3 is 10.6 Å². The molecule has 0 radical (unpaired) electrons. The predicted octanol–water partition coefficient (Wildman–Crippen LogP) is 3.63. The molecule has 2 aromatic carbocycles. The van der Waals surface area contributed by atoms with Crippen molar-refractivity contribution in [3.63, 3.8) is 0 Å². The molecular weight excluding hydrogens is 351 g/mol. The Bertz CT molecular complexity index is 879. The summed E-state index contributed by atoms with van der Waals surface area (Å²) < 4.78 is 13.0. The Morgan fingerprint density at radius 1 is 1.12 bits per heavy atom. The van der Waals surface area contributed by atoms with Gasteiger partial charge in [-0.3, -0.25) is 4.79 Å². The summed E-state index contributed by atoms with van der Waals surface area (Å²) in [6, 6.07) is 13.8. The second-order valence-electron chi connectivity index (χ2n) is 5.72.